The summed E-state index contributed by atoms with van der Waals surface area (Å²) >= 11 is 0. The van der Waals surface area contributed by atoms with E-state index >= 15 is 0 Å². The largest absolute Gasteiger partial charge is 0.346 e. The summed E-state index contributed by atoms with van der Waals surface area (Å²) in [6, 6.07) is 9.47. The van der Waals surface area contributed by atoms with E-state index in [4.69, 9.17) is 4.52 Å². The molecule has 66 valence electrons. The summed E-state index contributed by atoms with van der Waals surface area (Å²) in [7, 11) is -1.38. The fraction of sp³-hybridized carbons (Fsp3) is 0.333. The van der Waals surface area contributed by atoms with Crippen molar-refractivity contribution in [2.45, 2.75) is 13.3 Å². The van der Waals surface area contributed by atoms with E-state index in [0.29, 0.717) is 6.61 Å². The molecule has 0 saturated carbocycles. The molecule has 0 saturated heterocycles. The van der Waals surface area contributed by atoms with Crippen LogP contribution in [0.3, 0.4) is 0 Å². The van der Waals surface area contributed by atoms with E-state index in [9.17, 15) is 4.89 Å². The molecule has 0 aliphatic heterocycles. The molecule has 1 rings (SSSR count). The highest BCUT2D eigenvalue weighted by Gasteiger charge is 2.06. The highest BCUT2D eigenvalue weighted by molar-refractivity contribution is 7.55. The molecule has 12 heavy (non-hydrogen) atoms. The molecule has 1 aromatic carbocycles. The van der Waals surface area contributed by atoms with Crippen molar-refractivity contribution in [1.82, 2.24) is 0 Å². The van der Waals surface area contributed by atoms with Gasteiger partial charge in [0.25, 0.3) is 0 Å². The van der Waals surface area contributed by atoms with Crippen LogP contribution < -0.4 is 5.30 Å². The molecule has 0 bridgehead atoms. The predicted molar refractivity (Wildman–Crippen MR) is 51.5 cm³/mol. The Morgan fingerprint density at radius 2 is 2.00 bits per heavy atom. The number of rotatable bonds is 4. The van der Waals surface area contributed by atoms with Crippen LogP contribution in [0.25, 0.3) is 0 Å². The Kier molecular flexibility index (Phi) is 4.23. The van der Waals surface area contributed by atoms with Crippen molar-refractivity contribution < 1.29 is 9.42 Å². The second-order valence-corrected chi connectivity index (χ2v) is 3.76. The minimum atomic E-state index is -1.38. The first-order valence-corrected chi connectivity index (χ1v) is 5.23. The zero-order chi connectivity index (χ0) is 8.81. The summed E-state index contributed by atoms with van der Waals surface area (Å²) in [5.41, 5.74) is 0. The first-order valence-electron chi connectivity index (χ1n) is 4.01. The van der Waals surface area contributed by atoms with Gasteiger partial charge in [0.2, 0.25) is 8.38 Å². The quantitative estimate of drug-likeness (QED) is 0.725. The average molecular weight is 184 g/mol. The Balaban J connectivity index is 2.48. The molecule has 1 atom stereocenters. The van der Waals surface area contributed by atoms with Gasteiger partial charge in [-0.15, -0.1) is 0 Å². The van der Waals surface area contributed by atoms with Crippen molar-refractivity contribution in [3.05, 3.63) is 30.3 Å². The smallest absolute Gasteiger partial charge is 0.202 e. The second kappa shape index (κ2) is 5.26. The molecule has 1 unspecified atom stereocenters. The van der Waals surface area contributed by atoms with Crippen LogP contribution in [-0.2, 0) is 4.52 Å². The molecule has 1 N–H and O–H groups in total. The monoisotopic (exact) mass is 184 g/mol. The van der Waals surface area contributed by atoms with E-state index in [0.717, 1.165) is 11.7 Å². The van der Waals surface area contributed by atoms with Crippen LogP contribution in [0.4, 0.5) is 0 Å². The highest BCUT2D eigenvalue weighted by Crippen LogP contribution is 2.29. The van der Waals surface area contributed by atoms with E-state index < -0.39 is 8.38 Å². The van der Waals surface area contributed by atoms with Gasteiger partial charge >= 0.3 is 0 Å². The third-order valence-corrected chi connectivity index (χ3v) is 2.56. The molecule has 0 fully saturated rings. The summed E-state index contributed by atoms with van der Waals surface area (Å²) in [6.07, 6.45) is 0.937. The van der Waals surface area contributed by atoms with E-state index in [1.807, 2.05) is 37.3 Å². The van der Waals surface area contributed by atoms with Crippen molar-refractivity contribution >= 4 is 13.7 Å². The Bertz CT molecular complexity index is 213. The van der Waals surface area contributed by atoms with Gasteiger partial charge in [-0.05, 0) is 18.6 Å². The van der Waals surface area contributed by atoms with E-state index in [2.05, 4.69) is 0 Å². The molecule has 0 aromatic heterocycles. The van der Waals surface area contributed by atoms with E-state index in [1.54, 1.807) is 0 Å². The van der Waals surface area contributed by atoms with Crippen molar-refractivity contribution in [3.8, 4) is 0 Å². The number of benzene rings is 1. The zero-order valence-corrected chi connectivity index (χ0v) is 8.00. The molecule has 0 aliphatic rings. The van der Waals surface area contributed by atoms with Gasteiger partial charge in [-0.1, -0.05) is 25.1 Å². The first-order chi connectivity index (χ1) is 5.84. The average Bonchev–Trinajstić information content (AvgIpc) is 2.15. The number of hydrogen-bond acceptors (Lipinski definition) is 2. The van der Waals surface area contributed by atoms with Crippen LogP contribution in [0.5, 0.6) is 0 Å². The maximum atomic E-state index is 9.49. The Morgan fingerprint density at radius 1 is 1.33 bits per heavy atom. The van der Waals surface area contributed by atoms with Crippen LogP contribution in [0, 0.1) is 0 Å². The van der Waals surface area contributed by atoms with Gasteiger partial charge in [0.15, 0.2) is 0 Å². The zero-order valence-electron chi connectivity index (χ0n) is 7.10. The molecule has 0 heterocycles. The summed E-state index contributed by atoms with van der Waals surface area (Å²) in [5.74, 6) is 0. The van der Waals surface area contributed by atoms with Gasteiger partial charge in [0.1, 0.15) is 0 Å². The maximum absolute atomic E-state index is 9.49. The van der Waals surface area contributed by atoms with Crippen LogP contribution >= 0.6 is 8.38 Å². The topological polar surface area (TPSA) is 29.5 Å². The molecule has 3 heteroatoms. The predicted octanol–water partition coefficient (Wildman–Crippen LogP) is 2.04. The van der Waals surface area contributed by atoms with Crippen LogP contribution in [-0.4, -0.2) is 11.5 Å². The highest BCUT2D eigenvalue weighted by atomic mass is 31.2. The Labute approximate surface area is 74.1 Å². The molecule has 0 spiro atoms. The Hall–Kier alpha value is -0.430. The molecule has 0 radical (unpaired) electrons. The lowest BCUT2D eigenvalue weighted by atomic mass is 10.4. The SMILES string of the molecule is CCCOP(O)c1ccccc1. The minimum Gasteiger partial charge on any atom is -0.346 e. The molecule has 0 aliphatic carbocycles. The molecule has 0 amide bonds. The van der Waals surface area contributed by atoms with Crippen LogP contribution in [0.15, 0.2) is 30.3 Å². The maximum Gasteiger partial charge on any atom is 0.202 e. The van der Waals surface area contributed by atoms with Crippen molar-refractivity contribution in [2.24, 2.45) is 0 Å². The minimum absolute atomic E-state index is 0.622. The summed E-state index contributed by atoms with van der Waals surface area (Å²) in [4.78, 5) is 9.49. The lowest BCUT2D eigenvalue weighted by Gasteiger charge is -2.09. The normalized spacial score (nSPS) is 12.8. The fourth-order valence-electron chi connectivity index (χ4n) is 0.808. The van der Waals surface area contributed by atoms with Gasteiger partial charge in [-0.25, -0.2) is 0 Å². The number of hydrogen-bond donors (Lipinski definition) is 1. The third kappa shape index (κ3) is 2.90. The lowest BCUT2D eigenvalue weighted by Crippen LogP contribution is -2.01. The van der Waals surface area contributed by atoms with Crippen molar-refractivity contribution in [2.75, 3.05) is 6.61 Å². The van der Waals surface area contributed by atoms with Gasteiger partial charge in [0, 0.05) is 5.30 Å². The molecular formula is C9H13O2P. The lowest BCUT2D eigenvalue weighted by molar-refractivity contribution is 0.317. The third-order valence-electron chi connectivity index (χ3n) is 1.39. The Morgan fingerprint density at radius 3 is 2.58 bits per heavy atom. The molecule has 1 aromatic rings. The van der Waals surface area contributed by atoms with Crippen molar-refractivity contribution in [1.29, 1.82) is 0 Å². The molecule has 2 nitrogen and oxygen atoms in total. The van der Waals surface area contributed by atoms with Gasteiger partial charge in [-0.3, -0.25) is 0 Å². The van der Waals surface area contributed by atoms with Crippen LogP contribution in [0.2, 0.25) is 0 Å². The molecular weight excluding hydrogens is 171 g/mol. The van der Waals surface area contributed by atoms with Crippen molar-refractivity contribution in [3.63, 3.8) is 0 Å². The first kappa shape index (κ1) is 9.66. The second-order valence-electron chi connectivity index (χ2n) is 2.44. The summed E-state index contributed by atoms with van der Waals surface area (Å²) < 4.78 is 5.20. The summed E-state index contributed by atoms with van der Waals surface area (Å²) in [6.45, 7) is 2.64. The van der Waals surface area contributed by atoms with E-state index in [1.165, 1.54) is 0 Å². The summed E-state index contributed by atoms with van der Waals surface area (Å²) in [5, 5.41) is 0.876. The van der Waals surface area contributed by atoms with Gasteiger partial charge in [0.05, 0.1) is 6.61 Å². The van der Waals surface area contributed by atoms with Gasteiger partial charge in [-0.2, -0.15) is 0 Å². The van der Waals surface area contributed by atoms with Gasteiger partial charge < -0.3 is 9.42 Å². The standard InChI is InChI=1S/C9H13O2P/c1-2-8-11-12(10)9-6-4-3-5-7-9/h3-7,10H,2,8H2,1H3. The van der Waals surface area contributed by atoms with Crippen LogP contribution in [0.1, 0.15) is 13.3 Å². The fourth-order valence-corrected chi connectivity index (χ4v) is 1.74. The van der Waals surface area contributed by atoms with E-state index in [-0.39, 0.29) is 0 Å².